The largest absolute Gasteiger partial charge is 0.465 e. The molecule has 0 bridgehead atoms. The minimum Gasteiger partial charge on any atom is -0.465 e. The molecule has 0 aliphatic carbocycles. The van der Waals surface area contributed by atoms with Crippen molar-refractivity contribution >= 4 is 6.09 Å². The number of hydrogen-bond donors (Lipinski definition) is 4. The third-order valence-corrected chi connectivity index (χ3v) is 5.06. The van der Waals surface area contributed by atoms with Crippen LogP contribution in [0.3, 0.4) is 0 Å². The van der Waals surface area contributed by atoms with E-state index in [-0.39, 0.29) is 6.42 Å². The van der Waals surface area contributed by atoms with E-state index in [1.165, 1.54) is 0 Å². The number of nitrogens with one attached hydrogen (secondary N) is 1. The average Bonchev–Trinajstić information content (AvgIpc) is 2.75. The summed E-state index contributed by atoms with van der Waals surface area (Å²) in [6.07, 6.45) is 1.05. The Hall–Kier alpha value is -3.22. The van der Waals surface area contributed by atoms with Gasteiger partial charge in [0.2, 0.25) is 0 Å². The van der Waals surface area contributed by atoms with E-state index in [0.717, 1.165) is 22.4 Å². The monoisotopic (exact) mass is 405 g/mol. The van der Waals surface area contributed by atoms with Gasteiger partial charge >= 0.3 is 6.09 Å². The zero-order chi connectivity index (χ0) is 21.3. The first kappa shape index (κ1) is 21.5. The van der Waals surface area contributed by atoms with Crippen molar-refractivity contribution in [2.45, 2.75) is 37.5 Å². The molecule has 5 N–H and O–H groups in total. The van der Waals surface area contributed by atoms with Gasteiger partial charge in [0, 0.05) is 23.8 Å². The van der Waals surface area contributed by atoms with Gasteiger partial charge in [-0.2, -0.15) is 0 Å². The standard InChI is InChI=1S/C24H27N3O3/c25-21(15-18-9-11-19(12-10-18)22-8-4-5-13-26-22)23(28)16-20(27-24(29)30)14-17-6-2-1-3-7-17/h1-13,20-21,23,27-28H,14-16,25H2,(H,29,30)/t20-,21-,23-/m0/s1. The van der Waals surface area contributed by atoms with Gasteiger partial charge in [0.25, 0.3) is 0 Å². The molecule has 3 atom stereocenters. The quantitative estimate of drug-likeness (QED) is 0.437. The highest BCUT2D eigenvalue weighted by molar-refractivity contribution is 5.65. The van der Waals surface area contributed by atoms with Gasteiger partial charge in [0.1, 0.15) is 0 Å². The molecule has 0 fully saturated rings. The van der Waals surface area contributed by atoms with Crippen molar-refractivity contribution in [2.24, 2.45) is 5.73 Å². The van der Waals surface area contributed by atoms with Crippen LogP contribution in [0.25, 0.3) is 11.3 Å². The summed E-state index contributed by atoms with van der Waals surface area (Å²) in [6.45, 7) is 0. The molecule has 1 aromatic heterocycles. The lowest BCUT2D eigenvalue weighted by atomic mass is 9.94. The van der Waals surface area contributed by atoms with E-state index < -0.39 is 24.3 Å². The molecule has 0 saturated heterocycles. The van der Waals surface area contributed by atoms with Crippen LogP contribution in [-0.2, 0) is 12.8 Å². The number of carbonyl (C=O) groups is 1. The van der Waals surface area contributed by atoms with Crippen LogP contribution >= 0.6 is 0 Å². The van der Waals surface area contributed by atoms with Crippen LogP contribution in [0.1, 0.15) is 17.5 Å². The topological polar surface area (TPSA) is 108 Å². The number of amides is 1. The number of nitrogens with zero attached hydrogens (tertiary/aromatic N) is 1. The Morgan fingerprint density at radius 1 is 0.933 bits per heavy atom. The molecule has 3 rings (SSSR count). The number of aliphatic hydroxyl groups excluding tert-OH is 1. The highest BCUT2D eigenvalue weighted by Gasteiger charge is 2.22. The number of aliphatic hydroxyl groups is 1. The Labute approximate surface area is 176 Å². The molecule has 6 heteroatoms. The first-order valence-electron chi connectivity index (χ1n) is 9.98. The third kappa shape index (κ3) is 6.40. The second kappa shape index (κ2) is 10.5. The highest BCUT2D eigenvalue weighted by Crippen LogP contribution is 2.18. The van der Waals surface area contributed by atoms with Crippen molar-refractivity contribution in [1.29, 1.82) is 0 Å². The van der Waals surface area contributed by atoms with Gasteiger partial charge in [-0.15, -0.1) is 0 Å². The highest BCUT2D eigenvalue weighted by atomic mass is 16.4. The fourth-order valence-electron chi connectivity index (χ4n) is 3.49. The molecule has 0 aliphatic heterocycles. The van der Waals surface area contributed by atoms with Crippen molar-refractivity contribution in [3.63, 3.8) is 0 Å². The summed E-state index contributed by atoms with van der Waals surface area (Å²) in [6, 6.07) is 22.4. The maximum absolute atomic E-state index is 11.2. The summed E-state index contributed by atoms with van der Waals surface area (Å²) < 4.78 is 0. The first-order valence-corrected chi connectivity index (χ1v) is 9.98. The number of hydrogen-bond acceptors (Lipinski definition) is 4. The molecule has 0 saturated carbocycles. The fraction of sp³-hybridized carbons (Fsp3) is 0.250. The Morgan fingerprint density at radius 3 is 2.23 bits per heavy atom. The molecule has 0 unspecified atom stereocenters. The maximum Gasteiger partial charge on any atom is 0.404 e. The van der Waals surface area contributed by atoms with E-state index >= 15 is 0 Å². The number of pyridine rings is 1. The summed E-state index contributed by atoms with van der Waals surface area (Å²) >= 11 is 0. The van der Waals surface area contributed by atoms with Crippen molar-refractivity contribution in [1.82, 2.24) is 10.3 Å². The summed E-state index contributed by atoms with van der Waals surface area (Å²) in [5, 5.41) is 22.2. The van der Waals surface area contributed by atoms with Gasteiger partial charge in [-0.1, -0.05) is 60.7 Å². The number of rotatable bonds is 9. The first-order chi connectivity index (χ1) is 14.5. The molecular weight excluding hydrogens is 378 g/mol. The fourth-order valence-corrected chi connectivity index (χ4v) is 3.49. The van der Waals surface area contributed by atoms with Gasteiger partial charge in [-0.05, 0) is 42.5 Å². The van der Waals surface area contributed by atoms with Gasteiger partial charge in [-0.25, -0.2) is 4.79 Å². The lowest BCUT2D eigenvalue weighted by Gasteiger charge is -2.24. The third-order valence-electron chi connectivity index (χ3n) is 5.06. The minimum atomic E-state index is -1.11. The molecule has 156 valence electrons. The zero-order valence-electron chi connectivity index (χ0n) is 16.7. The number of carboxylic acid groups (broad SMARTS) is 1. The van der Waals surface area contributed by atoms with Gasteiger partial charge < -0.3 is 21.3 Å². The lowest BCUT2D eigenvalue weighted by molar-refractivity contribution is 0.119. The Balaban J connectivity index is 1.59. The molecule has 2 aromatic carbocycles. The molecule has 0 radical (unpaired) electrons. The molecular formula is C24H27N3O3. The smallest absolute Gasteiger partial charge is 0.404 e. The Morgan fingerprint density at radius 2 is 1.60 bits per heavy atom. The van der Waals surface area contributed by atoms with Crippen LogP contribution in [-0.4, -0.2) is 39.5 Å². The molecule has 3 aromatic rings. The number of aromatic nitrogens is 1. The molecule has 1 amide bonds. The van der Waals surface area contributed by atoms with E-state index in [0.29, 0.717) is 12.8 Å². The molecule has 30 heavy (non-hydrogen) atoms. The summed E-state index contributed by atoms with van der Waals surface area (Å²) in [5.74, 6) is 0. The van der Waals surface area contributed by atoms with E-state index in [9.17, 15) is 9.90 Å². The van der Waals surface area contributed by atoms with E-state index in [1.807, 2.05) is 72.8 Å². The minimum absolute atomic E-state index is 0.244. The van der Waals surface area contributed by atoms with Crippen LogP contribution in [0, 0.1) is 0 Å². The number of nitrogens with two attached hydrogens (primary N) is 1. The lowest BCUT2D eigenvalue weighted by Crippen LogP contribution is -2.44. The van der Waals surface area contributed by atoms with Crippen molar-refractivity contribution in [3.05, 3.63) is 90.1 Å². The summed E-state index contributed by atoms with van der Waals surface area (Å²) in [5.41, 5.74) is 10.2. The molecule has 1 heterocycles. The van der Waals surface area contributed by atoms with Crippen LogP contribution in [0.15, 0.2) is 79.0 Å². The molecule has 6 nitrogen and oxygen atoms in total. The predicted octanol–water partition coefficient (Wildman–Crippen LogP) is 3.25. The van der Waals surface area contributed by atoms with Crippen LogP contribution in [0.5, 0.6) is 0 Å². The van der Waals surface area contributed by atoms with Crippen molar-refractivity contribution in [2.75, 3.05) is 0 Å². The summed E-state index contributed by atoms with van der Waals surface area (Å²) in [4.78, 5) is 15.5. The average molecular weight is 405 g/mol. The zero-order valence-corrected chi connectivity index (χ0v) is 16.7. The summed E-state index contributed by atoms with van der Waals surface area (Å²) in [7, 11) is 0. The van der Waals surface area contributed by atoms with E-state index in [4.69, 9.17) is 10.8 Å². The van der Waals surface area contributed by atoms with Crippen molar-refractivity contribution < 1.29 is 15.0 Å². The Bertz CT molecular complexity index is 917. The normalized spacial score (nSPS) is 13.9. The number of benzene rings is 2. The second-order valence-electron chi connectivity index (χ2n) is 7.42. The van der Waals surface area contributed by atoms with Gasteiger partial charge in [0.05, 0.1) is 11.8 Å². The van der Waals surface area contributed by atoms with Gasteiger partial charge in [0.15, 0.2) is 0 Å². The van der Waals surface area contributed by atoms with Gasteiger partial charge in [-0.3, -0.25) is 4.98 Å². The SMILES string of the molecule is N[C@@H](Cc1ccc(-c2ccccn2)cc1)[C@@H](O)C[C@H](Cc1ccccc1)NC(=O)O. The van der Waals surface area contributed by atoms with E-state index in [1.54, 1.807) is 6.20 Å². The predicted molar refractivity (Wildman–Crippen MR) is 117 cm³/mol. The van der Waals surface area contributed by atoms with Crippen LogP contribution in [0.4, 0.5) is 4.79 Å². The molecule has 0 spiro atoms. The molecule has 0 aliphatic rings. The van der Waals surface area contributed by atoms with Crippen molar-refractivity contribution in [3.8, 4) is 11.3 Å². The maximum atomic E-state index is 11.2. The van der Waals surface area contributed by atoms with E-state index in [2.05, 4.69) is 10.3 Å². The second-order valence-corrected chi connectivity index (χ2v) is 7.42. The van der Waals surface area contributed by atoms with Crippen LogP contribution in [0.2, 0.25) is 0 Å². The van der Waals surface area contributed by atoms with Crippen LogP contribution < -0.4 is 11.1 Å². The Kier molecular flexibility index (Phi) is 7.54.